The summed E-state index contributed by atoms with van der Waals surface area (Å²) in [5.41, 5.74) is 2.11. The Bertz CT molecular complexity index is 597. The average Bonchev–Trinajstić information content (AvgIpc) is 2.34. The predicted octanol–water partition coefficient (Wildman–Crippen LogP) is 2.58. The molecule has 1 aromatic heterocycles. The molecule has 0 amide bonds. The molecule has 0 fully saturated rings. The SMILES string of the molecule is Cc1ccc(Oc2cncc(C(=O)O)n2)cc1C. The van der Waals surface area contributed by atoms with Gasteiger partial charge >= 0.3 is 5.97 Å². The van der Waals surface area contributed by atoms with E-state index < -0.39 is 5.97 Å². The van der Waals surface area contributed by atoms with Crippen LogP contribution in [0.15, 0.2) is 30.6 Å². The fourth-order valence-electron chi connectivity index (χ4n) is 1.40. The molecule has 0 saturated heterocycles. The van der Waals surface area contributed by atoms with Gasteiger partial charge in [0.15, 0.2) is 5.69 Å². The van der Waals surface area contributed by atoms with Crippen molar-refractivity contribution in [3.63, 3.8) is 0 Å². The van der Waals surface area contributed by atoms with E-state index in [0.717, 1.165) is 11.1 Å². The molecule has 0 aliphatic rings. The molecule has 1 N–H and O–H groups in total. The first-order valence-corrected chi connectivity index (χ1v) is 5.36. The number of aryl methyl sites for hydroxylation is 2. The van der Waals surface area contributed by atoms with E-state index >= 15 is 0 Å². The van der Waals surface area contributed by atoms with Crippen molar-refractivity contribution in [2.45, 2.75) is 13.8 Å². The van der Waals surface area contributed by atoms with Gasteiger partial charge in [0.05, 0.1) is 12.4 Å². The highest BCUT2D eigenvalue weighted by atomic mass is 16.5. The third-order valence-corrected chi connectivity index (χ3v) is 2.53. The van der Waals surface area contributed by atoms with E-state index in [0.29, 0.717) is 5.75 Å². The first kappa shape index (κ1) is 12.0. The lowest BCUT2D eigenvalue weighted by Crippen LogP contribution is -2.02. The second-order valence-electron chi connectivity index (χ2n) is 3.90. The van der Waals surface area contributed by atoms with E-state index in [1.807, 2.05) is 26.0 Å². The number of aromatic carboxylic acids is 1. The Morgan fingerprint density at radius 2 is 2.00 bits per heavy atom. The van der Waals surface area contributed by atoms with Crippen molar-refractivity contribution in [3.05, 3.63) is 47.4 Å². The molecule has 0 unspecified atom stereocenters. The second-order valence-corrected chi connectivity index (χ2v) is 3.90. The van der Waals surface area contributed by atoms with Crippen molar-refractivity contribution in [1.29, 1.82) is 0 Å². The highest BCUT2D eigenvalue weighted by Gasteiger charge is 2.07. The van der Waals surface area contributed by atoms with Gasteiger partial charge in [0.2, 0.25) is 5.88 Å². The summed E-state index contributed by atoms with van der Waals surface area (Å²) >= 11 is 0. The summed E-state index contributed by atoms with van der Waals surface area (Å²) in [7, 11) is 0. The van der Waals surface area contributed by atoms with E-state index in [-0.39, 0.29) is 11.6 Å². The van der Waals surface area contributed by atoms with Crippen LogP contribution in [0, 0.1) is 13.8 Å². The number of carbonyl (C=O) groups is 1. The first-order chi connectivity index (χ1) is 8.56. The van der Waals surface area contributed by atoms with Crippen LogP contribution < -0.4 is 4.74 Å². The van der Waals surface area contributed by atoms with Crippen molar-refractivity contribution in [2.75, 3.05) is 0 Å². The van der Waals surface area contributed by atoms with E-state index in [1.54, 1.807) is 6.07 Å². The summed E-state index contributed by atoms with van der Waals surface area (Å²) in [6.07, 6.45) is 2.55. The highest BCUT2D eigenvalue weighted by Crippen LogP contribution is 2.21. The van der Waals surface area contributed by atoms with Crippen molar-refractivity contribution in [3.8, 4) is 11.6 Å². The largest absolute Gasteiger partial charge is 0.476 e. The van der Waals surface area contributed by atoms with E-state index in [9.17, 15) is 4.79 Å². The van der Waals surface area contributed by atoms with Gasteiger partial charge in [-0.25, -0.2) is 9.78 Å². The number of rotatable bonds is 3. The van der Waals surface area contributed by atoms with Crippen LogP contribution in [0.25, 0.3) is 0 Å². The van der Waals surface area contributed by atoms with Gasteiger partial charge in [0.25, 0.3) is 0 Å². The van der Waals surface area contributed by atoms with Gasteiger partial charge in [0.1, 0.15) is 5.75 Å². The van der Waals surface area contributed by atoms with Crippen molar-refractivity contribution in [1.82, 2.24) is 9.97 Å². The molecule has 2 rings (SSSR count). The fraction of sp³-hybridized carbons (Fsp3) is 0.154. The molecule has 0 spiro atoms. The van der Waals surface area contributed by atoms with Crippen molar-refractivity contribution >= 4 is 5.97 Å². The van der Waals surface area contributed by atoms with Crippen LogP contribution in [0.1, 0.15) is 21.6 Å². The average molecular weight is 244 g/mol. The number of hydrogen-bond acceptors (Lipinski definition) is 4. The topological polar surface area (TPSA) is 72.3 Å². The molecule has 0 aliphatic heterocycles. The Hall–Kier alpha value is -2.43. The van der Waals surface area contributed by atoms with Gasteiger partial charge in [-0.2, -0.15) is 0 Å². The lowest BCUT2D eigenvalue weighted by Gasteiger charge is -2.07. The minimum Gasteiger partial charge on any atom is -0.476 e. The maximum atomic E-state index is 10.7. The Balaban J connectivity index is 2.25. The summed E-state index contributed by atoms with van der Waals surface area (Å²) in [5.74, 6) is -0.360. The summed E-state index contributed by atoms with van der Waals surface area (Å²) in [5, 5.41) is 8.80. The molecule has 92 valence electrons. The van der Waals surface area contributed by atoms with Gasteiger partial charge < -0.3 is 9.84 Å². The van der Waals surface area contributed by atoms with Crippen LogP contribution in [-0.4, -0.2) is 21.0 Å². The molecular formula is C13H12N2O3. The molecule has 18 heavy (non-hydrogen) atoms. The van der Waals surface area contributed by atoms with Gasteiger partial charge in [-0.15, -0.1) is 0 Å². The Morgan fingerprint density at radius 1 is 1.22 bits per heavy atom. The molecule has 2 aromatic rings. The zero-order valence-electron chi connectivity index (χ0n) is 10.0. The van der Waals surface area contributed by atoms with Gasteiger partial charge in [-0.1, -0.05) is 6.07 Å². The minimum absolute atomic E-state index is 0.142. The number of benzene rings is 1. The summed E-state index contributed by atoms with van der Waals surface area (Å²) in [4.78, 5) is 18.4. The first-order valence-electron chi connectivity index (χ1n) is 5.36. The van der Waals surface area contributed by atoms with E-state index in [1.165, 1.54) is 12.4 Å². The van der Waals surface area contributed by atoms with Crippen LogP contribution in [0.4, 0.5) is 0 Å². The van der Waals surface area contributed by atoms with Gasteiger partial charge in [0, 0.05) is 0 Å². The summed E-state index contributed by atoms with van der Waals surface area (Å²) in [6, 6.07) is 5.60. The molecule has 0 atom stereocenters. The maximum absolute atomic E-state index is 10.7. The Labute approximate surface area is 104 Å². The van der Waals surface area contributed by atoms with Crippen molar-refractivity contribution < 1.29 is 14.6 Å². The predicted molar refractivity (Wildman–Crippen MR) is 65.0 cm³/mol. The number of carboxylic acids is 1. The number of carboxylic acid groups (broad SMARTS) is 1. The smallest absolute Gasteiger partial charge is 0.356 e. The van der Waals surface area contributed by atoms with E-state index in [4.69, 9.17) is 9.84 Å². The lowest BCUT2D eigenvalue weighted by molar-refractivity contribution is 0.0689. The monoisotopic (exact) mass is 244 g/mol. The normalized spacial score (nSPS) is 10.1. The van der Waals surface area contributed by atoms with Gasteiger partial charge in [-0.05, 0) is 37.1 Å². The maximum Gasteiger partial charge on any atom is 0.356 e. The molecular weight excluding hydrogens is 232 g/mol. The molecule has 0 aliphatic carbocycles. The molecule has 0 bridgehead atoms. The quantitative estimate of drug-likeness (QED) is 0.898. The summed E-state index contributed by atoms with van der Waals surface area (Å²) in [6.45, 7) is 3.98. The lowest BCUT2D eigenvalue weighted by atomic mass is 10.1. The van der Waals surface area contributed by atoms with Crippen LogP contribution in [-0.2, 0) is 0 Å². The standard InChI is InChI=1S/C13H12N2O3/c1-8-3-4-10(5-9(8)2)18-12-7-14-6-11(15-12)13(16)17/h3-7H,1-2H3,(H,16,17). The van der Waals surface area contributed by atoms with Crippen LogP contribution in [0.5, 0.6) is 11.6 Å². The third-order valence-electron chi connectivity index (χ3n) is 2.53. The van der Waals surface area contributed by atoms with Gasteiger partial charge in [-0.3, -0.25) is 4.98 Å². The number of hydrogen-bond donors (Lipinski definition) is 1. The third kappa shape index (κ3) is 2.63. The van der Waals surface area contributed by atoms with Crippen molar-refractivity contribution in [2.24, 2.45) is 0 Å². The van der Waals surface area contributed by atoms with Crippen LogP contribution >= 0.6 is 0 Å². The second kappa shape index (κ2) is 4.83. The number of aromatic nitrogens is 2. The van der Waals surface area contributed by atoms with Crippen LogP contribution in [0.3, 0.4) is 0 Å². The zero-order valence-corrected chi connectivity index (χ0v) is 10.0. The number of nitrogens with zero attached hydrogens (tertiary/aromatic N) is 2. The fourth-order valence-corrected chi connectivity index (χ4v) is 1.40. The molecule has 5 nitrogen and oxygen atoms in total. The summed E-state index contributed by atoms with van der Waals surface area (Å²) < 4.78 is 5.47. The van der Waals surface area contributed by atoms with E-state index in [2.05, 4.69) is 9.97 Å². The molecule has 0 saturated carbocycles. The zero-order chi connectivity index (χ0) is 13.1. The molecule has 1 heterocycles. The molecule has 5 heteroatoms. The Kier molecular flexibility index (Phi) is 3.23. The van der Waals surface area contributed by atoms with Crippen LogP contribution in [0.2, 0.25) is 0 Å². The minimum atomic E-state index is -1.13. The number of ether oxygens (including phenoxy) is 1. The highest BCUT2D eigenvalue weighted by molar-refractivity contribution is 5.84. The Morgan fingerprint density at radius 3 is 2.67 bits per heavy atom. The molecule has 1 aromatic carbocycles. The molecule has 0 radical (unpaired) electrons.